The Kier molecular flexibility index (Phi) is 2.46. The maximum Gasteiger partial charge on any atom is 0.339 e. The quantitative estimate of drug-likeness (QED) is 0.864. The highest BCUT2D eigenvalue weighted by molar-refractivity contribution is 7.99. The molecule has 2 aliphatic heterocycles. The van der Waals surface area contributed by atoms with Crippen molar-refractivity contribution < 1.29 is 14.6 Å². The first-order chi connectivity index (χ1) is 10.7. The molecule has 1 N–H and O–H groups in total. The van der Waals surface area contributed by atoms with Crippen molar-refractivity contribution in [1.82, 2.24) is 0 Å². The average Bonchev–Trinajstić information content (AvgIpc) is 2.84. The predicted molar refractivity (Wildman–Crippen MR) is 83.1 cm³/mol. The van der Waals surface area contributed by atoms with Gasteiger partial charge in [0.25, 0.3) is 0 Å². The Morgan fingerprint density at radius 1 is 1.14 bits per heavy atom. The smallest absolute Gasteiger partial charge is 0.339 e. The lowest BCUT2D eigenvalue weighted by Crippen LogP contribution is -2.10. The molecule has 2 aromatic rings. The van der Waals surface area contributed by atoms with E-state index in [1.54, 1.807) is 17.8 Å². The van der Waals surface area contributed by atoms with Gasteiger partial charge in [0.15, 0.2) is 0 Å². The number of ether oxygens (including phenoxy) is 1. The summed E-state index contributed by atoms with van der Waals surface area (Å²) in [6.07, 6.45) is 3.93. The predicted octanol–water partition coefficient (Wildman–Crippen LogP) is 4.01. The van der Waals surface area contributed by atoms with Gasteiger partial charge in [-0.25, -0.2) is 4.79 Å². The van der Waals surface area contributed by atoms with Crippen molar-refractivity contribution in [2.75, 3.05) is 0 Å². The number of carboxylic acids is 1. The number of benzene rings is 2. The number of carboxylic acid groups (broad SMARTS) is 1. The second kappa shape index (κ2) is 4.29. The van der Waals surface area contributed by atoms with Crippen LogP contribution in [0.15, 0.2) is 34.1 Å². The molecule has 2 aromatic carbocycles. The third-order valence-electron chi connectivity index (χ3n) is 4.93. The van der Waals surface area contributed by atoms with Gasteiger partial charge in [-0.15, -0.1) is 0 Å². The van der Waals surface area contributed by atoms with Crippen molar-refractivity contribution in [3.8, 4) is 5.75 Å². The molecular formula is C18H14O3S. The first-order valence-corrected chi connectivity index (χ1v) is 8.42. The number of hydrogen-bond acceptors (Lipinski definition) is 3. The van der Waals surface area contributed by atoms with Crippen LogP contribution in [0.2, 0.25) is 0 Å². The number of hydrogen-bond donors (Lipinski definition) is 1. The topological polar surface area (TPSA) is 46.5 Å². The molecule has 0 amide bonds. The third kappa shape index (κ3) is 1.61. The summed E-state index contributed by atoms with van der Waals surface area (Å²) in [6, 6.07) is 8.17. The lowest BCUT2D eigenvalue weighted by Gasteiger charge is -2.22. The molecule has 0 saturated carbocycles. The number of rotatable bonds is 1. The Balaban J connectivity index is 1.85. The maximum absolute atomic E-state index is 11.6. The van der Waals surface area contributed by atoms with Gasteiger partial charge >= 0.3 is 5.97 Å². The molecule has 1 atom stereocenters. The van der Waals surface area contributed by atoms with E-state index < -0.39 is 5.97 Å². The normalized spacial score (nSPS) is 20.1. The molecule has 1 aliphatic carbocycles. The number of aryl methyl sites for hydroxylation is 2. The third-order valence-corrected chi connectivity index (χ3v) is 6.13. The van der Waals surface area contributed by atoms with E-state index in [-0.39, 0.29) is 11.7 Å². The van der Waals surface area contributed by atoms with E-state index >= 15 is 0 Å². The van der Waals surface area contributed by atoms with E-state index in [2.05, 4.69) is 12.1 Å². The van der Waals surface area contributed by atoms with Crippen LogP contribution in [0.25, 0.3) is 0 Å². The summed E-state index contributed by atoms with van der Waals surface area (Å²) in [5, 5.41) is 9.52. The standard InChI is InChI=1S/C18H14O3S/c19-18(20)12-8-16-10-1-4-11-15(22-16)6-3-9-2-5-13(17(9)11)21-14(12)7-10/h3,6-8,13H,1-2,4-5H2,(H,19,20). The summed E-state index contributed by atoms with van der Waals surface area (Å²) in [5.74, 6) is -0.379. The Morgan fingerprint density at radius 3 is 2.91 bits per heavy atom. The Hall–Kier alpha value is -1.94. The summed E-state index contributed by atoms with van der Waals surface area (Å²) in [7, 11) is 0. The Morgan fingerprint density at radius 2 is 2.05 bits per heavy atom. The van der Waals surface area contributed by atoms with Crippen molar-refractivity contribution in [1.29, 1.82) is 0 Å². The summed E-state index contributed by atoms with van der Waals surface area (Å²) in [6.45, 7) is 0. The fourth-order valence-corrected chi connectivity index (χ4v) is 5.08. The van der Waals surface area contributed by atoms with Crippen molar-refractivity contribution in [2.45, 2.75) is 41.6 Å². The zero-order chi connectivity index (χ0) is 14.8. The van der Waals surface area contributed by atoms with E-state index in [4.69, 9.17) is 4.74 Å². The molecule has 0 saturated heterocycles. The Labute approximate surface area is 132 Å². The van der Waals surface area contributed by atoms with Crippen molar-refractivity contribution in [2.24, 2.45) is 0 Å². The molecule has 0 aromatic heterocycles. The summed E-state index contributed by atoms with van der Waals surface area (Å²) in [4.78, 5) is 13.9. The highest BCUT2D eigenvalue weighted by Crippen LogP contribution is 2.48. The van der Waals surface area contributed by atoms with Crippen LogP contribution < -0.4 is 4.74 Å². The maximum atomic E-state index is 11.6. The van der Waals surface area contributed by atoms with Gasteiger partial charge < -0.3 is 9.84 Å². The van der Waals surface area contributed by atoms with Gasteiger partial charge in [0.2, 0.25) is 0 Å². The molecule has 4 heteroatoms. The molecule has 0 spiro atoms. The van der Waals surface area contributed by atoms with E-state index in [0.29, 0.717) is 5.75 Å². The first-order valence-electron chi connectivity index (χ1n) is 7.60. The lowest BCUT2D eigenvalue weighted by molar-refractivity contribution is 0.0688. The molecule has 5 rings (SSSR count). The van der Waals surface area contributed by atoms with Crippen LogP contribution in [0.5, 0.6) is 5.75 Å². The largest absolute Gasteiger partial charge is 0.485 e. The van der Waals surface area contributed by atoms with Gasteiger partial charge in [0.05, 0.1) is 0 Å². The molecule has 0 radical (unpaired) electrons. The molecule has 3 bridgehead atoms. The van der Waals surface area contributed by atoms with Gasteiger partial charge in [0, 0.05) is 9.79 Å². The van der Waals surface area contributed by atoms with Gasteiger partial charge in [-0.2, -0.15) is 0 Å². The molecule has 110 valence electrons. The van der Waals surface area contributed by atoms with Gasteiger partial charge in [-0.1, -0.05) is 17.8 Å². The monoisotopic (exact) mass is 310 g/mol. The number of aromatic carboxylic acids is 1. The van der Waals surface area contributed by atoms with Crippen LogP contribution in [0.3, 0.4) is 0 Å². The summed E-state index contributed by atoms with van der Waals surface area (Å²) in [5.41, 5.74) is 5.60. The van der Waals surface area contributed by atoms with E-state index in [9.17, 15) is 9.90 Å². The fourth-order valence-electron chi connectivity index (χ4n) is 3.90. The number of fused-ring (bicyclic) bond motifs is 2. The molecule has 2 heterocycles. The van der Waals surface area contributed by atoms with Gasteiger partial charge in [0.1, 0.15) is 17.4 Å². The van der Waals surface area contributed by atoms with Crippen LogP contribution in [-0.4, -0.2) is 11.1 Å². The SMILES string of the molecule is O=C(O)c1cc2c3cc1OC1CCc4ccc(c(c41)CC3)S2. The summed E-state index contributed by atoms with van der Waals surface area (Å²) < 4.78 is 6.19. The zero-order valence-electron chi connectivity index (χ0n) is 11.9. The minimum Gasteiger partial charge on any atom is -0.485 e. The van der Waals surface area contributed by atoms with E-state index in [1.165, 1.54) is 27.1 Å². The van der Waals surface area contributed by atoms with Crippen molar-refractivity contribution >= 4 is 17.7 Å². The molecular weight excluding hydrogens is 296 g/mol. The first kappa shape index (κ1) is 12.6. The fraction of sp³-hybridized carbons (Fsp3) is 0.278. The van der Waals surface area contributed by atoms with Crippen LogP contribution in [-0.2, 0) is 19.3 Å². The van der Waals surface area contributed by atoms with E-state index in [1.807, 2.05) is 6.07 Å². The van der Waals surface area contributed by atoms with Crippen molar-refractivity contribution in [3.63, 3.8) is 0 Å². The second-order valence-corrected chi connectivity index (χ2v) is 7.21. The highest BCUT2D eigenvalue weighted by atomic mass is 32.2. The minimum atomic E-state index is -0.912. The second-order valence-electron chi connectivity index (χ2n) is 6.12. The molecule has 3 aliphatic rings. The zero-order valence-corrected chi connectivity index (χ0v) is 12.7. The highest BCUT2D eigenvalue weighted by Gasteiger charge is 2.33. The molecule has 1 unspecified atom stereocenters. The molecule has 0 fully saturated rings. The van der Waals surface area contributed by atoms with Crippen LogP contribution in [0.4, 0.5) is 0 Å². The van der Waals surface area contributed by atoms with Crippen LogP contribution in [0, 0.1) is 0 Å². The molecule has 22 heavy (non-hydrogen) atoms. The average molecular weight is 310 g/mol. The molecule has 3 nitrogen and oxygen atoms in total. The number of carbonyl (C=O) groups is 1. The van der Waals surface area contributed by atoms with Crippen LogP contribution in [0.1, 0.15) is 45.1 Å². The Bertz CT molecular complexity index is 841. The van der Waals surface area contributed by atoms with Crippen molar-refractivity contribution in [3.05, 3.63) is 52.1 Å². The van der Waals surface area contributed by atoms with Gasteiger partial charge in [-0.05, 0) is 66.1 Å². The minimum absolute atomic E-state index is 0.00134. The van der Waals surface area contributed by atoms with Gasteiger partial charge in [-0.3, -0.25) is 0 Å². The van der Waals surface area contributed by atoms with E-state index in [0.717, 1.165) is 30.6 Å². The lowest BCUT2D eigenvalue weighted by atomic mass is 9.97. The van der Waals surface area contributed by atoms with Crippen LogP contribution >= 0.6 is 11.8 Å². The summed E-state index contributed by atoms with van der Waals surface area (Å²) >= 11 is 1.71.